The van der Waals surface area contributed by atoms with Crippen LogP contribution in [0.1, 0.15) is 45.7 Å². The van der Waals surface area contributed by atoms with E-state index >= 15 is 0 Å². The highest BCUT2D eigenvalue weighted by atomic mass is 16.3. The third-order valence-electron chi connectivity index (χ3n) is 3.43. The van der Waals surface area contributed by atoms with Gasteiger partial charge in [0, 0.05) is 6.54 Å². The fraction of sp³-hybridized carbons (Fsp3) is 0.588. The van der Waals surface area contributed by atoms with Gasteiger partial charge in [-0.15, -0.1) is 0 Å². The molecule has 0 aliphatic carbocycles. The van der Waals surface area contributed by atoms with Crippen LogP contribution in [0, 0.1) is 0 Å². The topological polar surface area (TPSA) is 61.4 Å². The molecule has 1 aromatic carbocycles. The van der Waals surface area contributed by atoms with E-state index in [0.717, 1.165) is 17.7 Å². The molecule has 0 heterocycles. The number of hydrogen-bond donors (Lipinski definition) is 3. The molecule has 4 heteroatoms. The Morgan fingerprint density at radius 1 is 1.24 bits per heavy atom. The number of carbonyl (C=O) groups is 1. The molecule has 0 fully saturated rings. The zero-order chi connectivity index (χ0) is 16.0. The van der Waals surface area contributed by atoms with E-state index in [-0.39, 0.29) is 17.4 Å². The molecular weight excluding hydrogens is 264 g/mol. The summed E-state index contributed by atoms with van der Waals surface area (Å²) in [4.78, 5) is 12.1. The summed E-state index contributed by atoms with van der Waals surface area (Å²) < 4.78 is 0. The van der Waals surface area contributed by atoms with Crippen molar-refractivity contribution in [3.63, 3.8) is 0 Å². The minimum Gasteiger partial charge on any atom is -0.508 e. The maximum atomic E-state index is 12.1. The van der Waals surface area contributed by atoms with Gasteiger partial charge in [0.2, 0.25) is 5.91 Å². The lowest BCUT2D eigenvalue weighted by Crippen LogP contribution is -2.45. The van der Waals surface area contributed by atoms with Gasteiger partial charge in [-0.1, -0.05) is 39.8 Å². The summed E-state index contributed by atoms with van der Waals surface area (Å²) in [6.45, 7) is 11.5. The smallest absolute Gasteiger partial charge is 0.237 e. The van der Waals surface area contributed by atoms with E-state index in [0.29, 0.717) is 18.7 Å². The quantitative estimate of drug-likeness (QED) is 0.754. The Hall–Kier alpha value is -1.55. The molecule has 0 radical (unpaired) electrons. The van der Waals surface area contributed by atoms with Crippen LogP contribution in [0.15, 0.2) is 18.2 Å². The number of likely N-dealkylation sites (N-methyl/N-ethyl adjacent to an activating group) is 2. The van der Waals surface area contributed by atoms with Crippen LogP contribution in [0.5, 0.6) is 5.75 Å². The van der Waals surface area contributed by atoms with Gasteiger partial charge in [-0.2, -0.15) is 0 Å². The van der Waals surface area contributed by atoms with Crippen molar-refractivity contribution in [1.82, 2.24) is 10.6 Å². The lowest BCUT2D eigenvalue weighted by molar-refractivity contribution is -0.123. The molecule has 1 atom stereocenters. The molecular formula is C17H28N2O2. The minimum atomic E-state index is -0.243. The third kappa shape index (κ3) is 5.05. The molecule has 21 heavy (non-hydrogen) atoms. The summed E-state index contributed by atoms with van der Waals surface area (Å²) in [7, 11) is 0. The maximum absolute atomic E-state index is 12.1. The summed E-state index contributed by atoms with van der Waals surface area (Å²) in [5, 5.41) is 16.1. The van der Waals surface area contributed by atoms with Gasteiger partial charge in [0.25, 0.3) is 0 Å². The molecule has 0 saturated carbocycles. The molecule has 0 aliphatic heterocycles. The van der Waals surface area contributed by atoms with Gasteiger partial charge in [0.15, 0.2) is 0 Å². The van der Waals surface area contributed by atoms with Crippen molar-refractivity contribution in [1.29, 1.82) is 0 Å². The molecule has 0 unspecified atom stereocenters. The van der Waals surface area contributed by atoms with Crippen LogP contribution < -0.4 is 10.6 Å². The van der Waals surface area contributed by atoms with E-state index in [4.69, 9.17) is 0 Å². The van der Waals surface area contributed by atoms with Crippen LogP contribution in [-0.2, 0) is 16.6 Å². The average molecular weight is 292 g/mol. The zero-order valence-electron chi connectivity index (χ0n) is 13.8. The number of phenols is 1. The molecule has 1 amide bonds. The first-order valence-corrected chi connectivity index (χ1v) is 7.63. The van der Waals surface area contributed by atoms with Crippen LogP contribution in [0.3, 0.4) is 0 Å². The summed E-state index contributed by atoms with van der Waals surface area (Å²) in [5.41, 5.74) is 1.83. The molecule has 4 nitrogen and oxygen atoms in total. The Balaban J connectivity index is 2.96. The maximum Gasteiger partial charge on any atom is 0.237 e. The monoisotopic (exact) mass is 292 g/mol. The molecule has 1 rings (SSSR count). The molecule has 3 N–H and O–H groups in total. The standard InChI is InChI=1S/C17H28N2O2/c1-6-18-14(16(21)19-7-2)11-12-8-9-15(20)13(10-12)17(3,4)5/h8-10,14,18,20H,6-7,11H2,1-5H3,(H,19,21)/t14-/m0/s1. The summed E-state index contributed by atoms with van der Waals surface area (Å²) >= 11 is 0. The van der Waals surface area contributed by atoms with Crippen LogP contribution in [0.25, 0.3) is 0 Å². The number of aromatic hydroxyl groups is 1. The summed E-state index contributed by atoms with van der Waals surface area (Å²) in [5.74, 6) is 0.328. The highest BCUT2D eigenvalue weighted by Crippen LogP contribution is 2.31. The van der Waals surface area contributed by atoms with Crippen molar-refractivity contribution in [2.45, 2.75) is 52.5 Å². The first kappa shape index (κ1) is 17.5. The Bertz CT molecular complexity index is 478. The van der Waals surface area contributed by atoms with Gasteiger partial charge in [0.1, 0.15) is 5.75 Å². The lowest BCUT2D eigenvalue weighted by atomic mass is 9.84. The van der Waals surface area contributed by atoms with E-state index in [2.05, 4.69) is 31.4 Å². The first-order valence-electron chi connectivity index (χ1n) is 7.63. The number of rotatable bonds is 6. The van der Waals surface area contributed by atoms with Crippen LogP contribution >= 0.6 is 0 Å². The molecule has 118 valence electrons. The van der Waals surface area contributed by atoms with Gasteiger partial charge in [0.05, 0.1) is 6.04 Å². The number of benzene rings is 1. The van der Waals surface area contributed by atoms with E-state index in [1.807, 2.05) is 26.0 Å². The van der Waals surface area contributed by atoms with E-state index in [1.54, 1.807) is 6.07 Å². The summed E-state index contributed by atoms with van der Waals surface area (Å²) in [6, 6.07) is 5.36. The van der Waals surface area contributed by atoms with E-state index in [1.165, 1.54) is 0 Å². The third-order valence-corrected chi connectivity index (χ3v) is 3.43. The largest absolute Gasteiger partial charge is 0.508 e. The highest BCUT2D eigenvalue weighted by molar-refractivity contribution is 5.82. The lowest BCUT2D eigenvalue weighted by Gasteiger charge is -2.22. The molecule has 0 aliphatic rings. The fourth-order valence-corrected chi connectivity index (χ4v) is 2.35. The molecule has 0 saturated heterocycles. The SMILES string of the molecule is CCNC(=O)[C@H](Cc1ccc(O)c(C(C)(C)C)c1)NCC. The van der Waals surface area contributed by atoms with Gasteiger partial charge >= 0.3 is 0 Å². The summed E-state index contributed by atoms with van der Waals surface area (Å²) in [6.07, 6.45) is 0.614. The number of amides is 1. The van der Waals surface area contributed by atoms with Crippen molar-refractivity contribution < 1.29 is 9.90 Å². The minimum absolute atomic E-state index is 0.0183. The van der Waals surface area contributed by atoms with Gasteiger partial charge in [-0.05, 0) is 42.5 Å². The first-order chi connectivity index (χ1) is 9.79. The Kier molecular flexibility index (Phi) is 6.21. The average Bonchev–Trinajstić information content (AvgIpc) is 2.39. The Morgan fingerprint density at radius 2 is 1.90 bits per heavy atom. The van der Waals surface area contributed by atoms with Crippen LogP contribution in [-0.4, -0.2) is 30.1 Å². The Labute approximate surface area is 128 Å². The van der Waals surface area contributed by atoms with Crippen LogP contribution in [0.2, 0.25) is 0 Å². The number of carbonyl (C=O) groups excluding carboxylic acids is 1. The predicted molar refractivity (Wildman–Crippen MR) is 86.7 cm³/mol. The van der Waals surface area contributed by atoms with Crippen molar-refractivity contribution in [3.05, 3.63) is 29.3 Å². The van der Waals surface area contributed by atoms with Gasteiger partial charge in [-0.25, -0.2) is 0 Å². The van der Waals surface area contributed by atoms with Crippen molar-refractivity contribution in [3.8, 4) is 5.75 Å². The molecule has 0 aromatic heterocycles. The normalized spacial score (nSPS) is 13.0. The van der Waals surface area contributed by atoms with Crippen molar-refractivity contribution in [2.75, 3.05) is 13.1 Å². The van der Waals surface area contributed by atoms with Crippen LogP contribution in [0.4, 0.5) is 0 Å². The number of hydrogen-bond acceptors (Lipinski definition) is 3. The highest BCUT2D eigenvalue weighted by Gasteiger charge is 2.21. The van der Waals surface area contributed by atoms with Crippen molar-refractivity contribution >= 4 is 5.91 Å². The molecule has 0 bridgehead atoms. The second-order valence-electron chi connectivity index (χ2n) is 6.31. The van der Waals surface area contributed by atoms with E-state index < -0.39 is 0 Å². The second-order valence-corrected chi connectivity index (χ2v) is 6.31. The van der Waals surface area contributed by atoms with Crippen molar-refractivity contribution in [2.24, 2.45) is 0 Å². The second kappa shape index (κ2) is 7.46. The fourth-order valence-electron chi connectivity index (χ4n) is 2.35. The number of nitrogens with one attached hydrogen (secondary N) is 2. The Morgan fingerprint density at radius 3 is 2.43 bits per heavy atom. The van der Waals surface area contributed by atoms with Gasteiger partial charge < -0.3 is 15.7 Å². The molecule has 0 spiro atoms. The van der Waals surface area contributed by atoms with Gasteiger partial charge in [-0.3, -0.25) is 4.79 Å². The molecule has 1 aromatic rings. The zero-order valence-corrected chi connectivity index (χ0v) is 13.8. The predicted octanol–water partition coefficient (Wildman–Crippen LogP) is 2.35. The number of phenolic OH excluding ortho intramolecular Hbond substituents is 1. The van der Waals surface area contributed by atoms with E-state index in [9.17, 15) is 9.90 Å².